The van der Waals surface area contributed by atoms with Crippen molar-refractivity contribution < 1.29 is 4.79 Å². The van der Waals surface area contributed by atoms with Crippen LogP contribution in [0.25, 0.3) is 0 Å². The second-order valence-corrected chi connectivity index (χ2v) is 4.89. The Morgan fingerprint density at radius 3 is 3.22 bits per heavy atom. The zero-order valence-electron chi connectivity index (χ0n) is 10.7. The Morgan fingerprint density at radius 2 is 2.50 bits per heavy atom. The molecule has 4 nitrogen and oxygen atoms in total. The SMILES string of the molecule is O=C(CCC1CCCNC1)NCc1cccnc1. The first-order valence-electron chi connectivity index (χ1n) is 6.71. The number of carbonyl (C=O) groups is 1. The summed E-state index contributed by atoms with van der Waals surface area (Å²) in [6, 6.07) is 3.85. The maximum atomic E-state index is 11.7. The van der Waals surface area contributed by atoms with Gasteiger partial charge in [0.2, 0.25) is 5.91 Å². The molecule has 98 valence electrons. The first-order chi connectivity index (χ1) is 8.84. The average molecular weight is 247 g/mol. The standard InChI is InChI=1S/C14H21N3O/c18-14(6-5-12-3-1-7-15-9-12)17-11-13-4-2-8-16-10-13/h2,4,8,10,12,15H,1,3,5-7,9,11H2,(H,17,18). The van der Waals surface area contributed by atoms with Crippen LogP contribution in [0.5, 0.6) is 0 Å². The molecule has 1 aromatic rings. The molecule has 0 bridgehead atoms. The Labute approximate surface area is 108 Å². The molecule has 0 aliphatic carbocycles. The fraction of sp³-hybridized carbons (Fsp3) is 0.571. The van der Waals surface area contributed by atoms with Crippen LogP contribution in [0.1, 0.15) is 31.2 Å². The highest BCUT2D eigenvalue weighted by Gasteiger charge is 2.14. The number of piperidine rings is 1. The van der Waals surface area contributed by atoms with Crippen LogP contribution in [0.4, 0.5) is 0 Å². The maximum absolute atomic E-state index is 11.7. The summed E-state index contributed by atoms with van der Waals surface area (Å²) < 4.78 is 0. The van der Waals surface area contributed by atoms with Crippen LogP contribution in [0.2, 0.25) is 0 Å². The van der Waals surface area contributed by atoms with Crippen molar-refractivity contribution >= 4 is 5.91 Å². The summed E-state index contributed by atoms with van der Waals surface area (Å²) in [5.74, 6) is 0.812. The Kier molecular flexibility index (Phi) is 5.15. The number of nitrogens with one attached hydrogen (secondary N) is 2. The molecule has 2 heterocycles. The molecule has 1 aromatic heterocycles. The lowest BCUT2D eigenvalue weighted by Gasteiger charge is -2.22. The van der Waals surface area contributed by atoms with E-state index in [1.807, 2.05) is 12.1 Å². The highest BCUT2D eigenvalue weighted by Crippen LogP contribution is 2.15. The van der Waals surface area contributed by atoms with Crippen molar-refractivity contribution in [2.24, 2.45) is 5.92 Å². The summed E-state index contributed by atoms with van der Waals surface area (Å²) in [6.45, 7) is 2.77. The minimum atomic E-state index is 0.143. The predicted molar refractivity (Wildman–Crippen MR) is 70.9 cm³/mol. The van der Waals surface area contributed by atoms with Gasteiger partial charge in [-0.25, -0.2) is 0 Å². The van der Waals surface area contributed by atoms with Crippen LogP contribution in [0.15, 0.2) is 24.5 Å². The van der Waals surface area contributed by atoms with Crippen molar-refractivity contribution in [1.82, 2.24) is 15.6 Å². The highest BCUT2D eigenvalue weighted by molar-refractivity contribution is 5.75. The predicted octanol–water partition coefficient (Wildman–Crippen LogP) is 1.48. The summed E-state index contributed by atoms with van der Waals surface area (Å²) in [5.41, 5.74) is 1.05. The minimum Gasteiger partial charge on any atom is -0.352 e. The Balaban J connectivity index is 1.63. The second-order valence-electron chi connectivity index (χ2n) is 4.89. The topological polar surface area (TPSA) is 54.0 Å². The number of pyridine rings is 1. The third-order valence-electron chi connectivity index (χ3n) is 3.39. The third kappa shape index (κ3) is 4.45. The van der Waals surface area contributed by atoms with E-state index in [0.29, 0.717) is 18.9 Å². The molecule has 0 aromatic carbocycles. The van der Waals surface area contributed by atoms with Crippen molar-refractivity contribution in [2.75, 3.05) is 13.1 Å². The Morgan fingerprint density at radius 1 is 1.56 bits per heavy atom. The van der Waals surface area contributed by atoms with Gasteiger partial charge in [0.15, 0.2) is 0 Å². The van der Waals surface area contributed by atoms with Crippen LogP contribution in [-0.4, -0.2) is 24.0 Å². The molecule has 1 aliphatic heterocycles. The van der Waals surface area contributed by atoms with Crippen LogP contribution in [0, 0.1) is 5.92 Å². The molecule has 0 radical (unpaired) electrons. The van der Waals surface area contributed by atoms with Crippen LogP contribution >= 0.6 is 0 Å². The lowest BCUT2D eigenvalue weighted by Crippen LogP contribution is -2.31. The minimum absolute atomic E-state index is 0.143. The molecule has 4 heteroatoms. The van der Waals surface area contributed by atoms with Gasteiger partial charge in [-0.3, -0.25) is 9.78 Å². The van der Waals surface area contributed by atoms with E-state index >= 15 is 0 Å². The molecule has 1 fully saturated rings. The molecule has 1 amide bonds. The molecule has 18 heavy (non-hydrogen) atoms. The van der Waals surface area contributed by atoms with Crippen molar-refractivity contribution in [3.63, 3.8) is 0 Å². The third-order valence-corrected chi connectivity index (χ3v) is 3.39. The Bertz CT molecular complexity index is 361. The van der Waals surface area contributed by atoms with Crippen LogP contribution in [-0.2, 0) is 11.3 Å². The van der Waals surface area contributed by atoms with E-state index in [-0.39, 0.29) is 5.91 Å². The van der Waals surface area contributed by atoms with E-state index in [1.165, 1.54) is 12.8 Å². The van der Waals surface area contributed by atoms with Crippen molar-refractivity contribution in [2.45, 2.75) is 32.2 Å². The van der Waals surface area contributed by atoms with E-state index in [4.69, 9.17) is 0 Å². The molecule has 0 saturated carbocycles. The molecule has 2 N–H and O–H groups in total. The zero-order chi connectivity index (χ0) is 12.6. The molecule has 1 aliphatic rings. The summed E-state index contributed by atoms with van der Waals surface area (Å²) in [4.78, 5) is 15.7. The fourth-order valence-electron chi connectivity index (χ4n) is 2.30. The molecule has 1 atom stereocenters. The largest absolute Gasteiger partial charge is 0.352 e. The fourth-order valence-corrected chi connectivity index (χ4v) is 2.30. The molecular weight excluding hydrogens is 226 g/mol. The maximum Gasteiger partial charge on any atom is 0.220 e. The van der Waals surface area contributed by atoms with Gasteiger partial charge in [-0.1, -0.05) is 6.07 Å². The summed E-state index contributed by atoms with van der Waals surface area (Å²) in [6.07, 6.45) is 7.63. The van der Waals surface area contributed by atoms with Gasteiger partial charge < -0.3 is 10.6 Å². The van der Waals surface area contributed by atoms with E-state index in [2.05, 4.69) is 15.6 Å². The van der Waals surface area contributed by atoms with Gasteiger partial charge in [-0.05, 0) is 49.9 Å². The molecular formula is C14H21N3O. The van der Waals surface area contributed by atoms with Gasteiger partial charge in [0, 0.05) is 25.4 Å². The number of carbonyl (C=O) groups excluding carboxylic acids is 1. The second kappa shape index (κ2) is 7.11. The van der Waals surface area contributed by atoms with Gasteiger partial charge in [-0.15, -0.1) is 0 Å². The van der Waals surface area contributed by atoms with E-state index in [1.54, 1.807) is 12.4 Å². The normalized spacial score (nSPS) is 19.4. The first kappa shape index (κ1) is 13.0. The number of aromatic nitrogens is 1. The van der Waals surface area contributed by atoms with Gasteiger partial charge in [0.1, 0.15) is 0 Å². The van der Waals surface area contributed by atoms with Crippen molar-refractivity contribution in [3.8, 4) is 0 Å². The van der Waals surface area contributed by atoms with Crippen LogP contribution in [0.3, 0.4) is 0 Å². The summed E-state index contributed by atoms with van der Waals surface area (Å²) in [7, 11) is 0. The van der Waals surface area contributed by atoms with Crippen molar-refractivity contribution in [3.05, 3.63) is 30.1 Å². The molecule has 1 unspecified atom stereocenters. The van der Waals surface area contributed by atoms with E-state index < -0.39 is 0 Å². The van der Waals surface area contributed by atoms with Gasteiger partial charge >= 0.3 is 0 Å². The molecule has 1 saturated heterocycles. The highest BCUT2D eigenvalue weighted by atomic mass is 16.1. The number of amides is 1. The van der Waals surface area contributed by atoms with E-state index in [9.17, 15) is 4.79 Å². The number of rotatable bonds is 5. The monoisotopic (exact) mass is 247 g/mol. The quantitative estimate of drug-likeness (QED) is 0.828. The summed E-state index contributed by atoms with van der Waals surface area (Å²) >= 11 is 0. The smallest absolute Gasteiger partial charge is 0.220 e. The number of hydrogen-bond donors (Lipinski definition) is 2. The lowest BCUT2D eigenvalue weighted by molar-refractivity contribution is -0.121. The Hall–Kier alpha value is -1.42. The van der Waals surface area contributed by atoms with Gasteiger partial charge in [-0.2, -0.15) is 0 Å². The number of nitrogens with zero attached hydrogens (tertiary/aromatic N) is 1. The van der Waals surface area contributed by atoms with Crippen LogP contribution < -0.4 is 10.6 Å². The van der Waals surface area contributed by atoms with E-state index in [0.717, 1.165) is 25.1 Å². The van der Waals surface area contributed by atoms with Gasteiger partial charge in [0.25, 0.3) is 0 Å². The molecule has 0 spiro atoms. The molecule has 2 rings (SSSR count). The lowest BCUT2D eigenvalue weighted by atomic mass is 9.94. The first-order valence-corrected chi connectivity index (χ1v) is 6.71. The zero-order valence-corrected chi connectivity index (χ0v) is 10.7. The van der Waals surface area contributed by atoms with Crippen molar-refractivity contribution in [1.29, 1.82) is 0 Å². The summed E-state index contributed by atoms with van der Waals surface area (Å²) in [5, 5.41) is 6.32. The number of hydrogen-bond acceptors (Lipinski definition) is 3. The average Bonchev–Trinajstić information content (AvgIpc) is 2.45. The van der Waals surface area contributed by atoms with Gasteiger partial charge in [0.05, 0.1) is 0 Å².